The van der Waals surface area contributed by atoms with Crippen LogP contribution >= 0.6 is 0 Å². The van der Waals surface area contributed by atoms with Gasteiger partial charge >= 0.3 is 0 Å². The molecule has 1 aliphatic heterocycles. The monoisotopic (exact) mass is 473 g/mol. The van der Waals surface area contributed by atoms with Gasteiger partial charge in [-0.05, 0) is 37.8 Å². The van der Waals surface area contributed by atoms with E-state index in [1.54, 1.807) is 0 Å². The number of nitrogen functional groups attached to an aromatic ring is 1. The van der Waals surface area contributed by atoms with E-state index in [1.165, 1.54) is 12.4 Å². The molecule has 1 saturated heterocycles. The van der Waals surface area contributed by atoms with E-state index < -0.39 is 0 Å². The van der Waals surface area contributed by atoms with Crippen molar-refractivity contribution in [3.05, 3.63) is 89.9 Å². The van der Waals surface area contributed by atoms with E-state index in [-0.39, 0.29) is 28.7 Å². The number of anilines is 1. The van der Waals surface area contributed by atoms with Crippen LogP contribution in [0.5, 0.6) is 0 Å². The quantitative estimate of drug-likeness (QED) is 0.420. The second-order valence-electron chi connectivity index (χ2n) is 8.73. The van der Waals surface area contributed by atoms with Gasteiger partial charge in [-0.1, -0.05) is 68.0 Å². The molecule has 2 amide bonds. The fourth-order valence-corrected chi connectivity index (χ4v) is 4.33. The molecule has 7 heteroatoms. The Labute approximate surface area is 207 Å². The molecular weight excluding hydrogens is 438 g/mol. The van der Waals surface area contributed by atoms with Gasteiger partial charge in [-0.2, -0.15) is 0 Å². The van der Waals surface area contributed by atoms with Crippen LogP contribution in [-0.4, -0.2) is 46.3 Å². The zero-order valence-corrected chi connectivity index (χ0v) is 20.6. The summed E-state index contributed by atoms with van der Waals surface area (Å²) in [6.07, 6.45) is 16.3. The summed E-state index contributed by atoms with van der Waals surface area (Å²) in [6.45, 7) is 5.66. The van der Waals surface area contributed by atoms with Crippen LogP contribution in [0.4, 0.5) is 5.82 Å². The molecule has 0 atom stereocenters. The zero-order valence-electron chi connectivity index (χ0n) is 20.6. The third kappa shape index (κ3) is 6.66. The zero-order chi connectivity index (χ0) is 25.1. The Balaban J connectivity index is 1.71. The maximum atomic E-state index is 13.2. The van der Waals surface area contributed by atoms with Crippen LogP contribution in [0.3, 0.4) is 0 Å². The first-order valence-electron chi connectivity index (χ1n) is 12.2. The van der Waals surface area contributed by atoms with E-state index in [9.17, 15) is 9.59 Å². The lowest BCUT2D eigenvalue weighted by molar-refractivity contribution is -0.128. The molecule has 184 valence electrons. The normalized spacial score (nSPS) is 16.1. The number of aromatic nitrogens is 2. The van der Waals surface area contributed by atoms with E-state index in [2.05, 4.69) is 40.4 Å². The van der Waals surface area contributed by atoms with Crippen molar-refractivity contribution in [2.75, 3.05) is 25.4 Å². The second-order valence-corrected chi connectivity index (χ2v) is 8.73. The van der Waals surface area contributed by atoms with Crippen molar-refractivity contribution in [2.45, 2.75) is 44.9 Å². The molecule has 2 heterocycles. The number of nitrogens with zero attached hydrogens (tertiary/aromatic N) is 3. The van der Waals surface area contributed by atoms with E-state index in [4.69, 9.17) is 5.73 Å². The summed E-state index contributed by atoms with van der Waals surface area (Å²) in [7, 11) is 0. The minimum Gasteiger partial charge on any atom is -0.382 e. The molecule has 1 aromatic heterocycles. The molecule has 0 unspecified atom stereocenters. The molecule has 1 aromatic carbocycles. The van der Waals surface area contributed by atoms with Gasteiger partial charge in [0.25, 0.3) is 11.8 Å². The number of allylic oxidation sites excluding steroid dienone is 4. The highest BCUT2D eigenvalue weighted by Gasteiger charge is 2.38. The number of piperidine rings is 1. The number of unbranched alkanes of at least 4 members (excludes halogenated alkanes) is 1. The van der Waals surface area contributed by atoms with Crippen LogP contribution in [0.25, 0.3) is 0 Å². The first-order valence-corrected chi connectivity index (χ1v) is 12.2. The predicted octanol–water partition coefficient (Wildman–Crippen LogP) is 4.21. The molecule has 35 heavy (non-hydrogen) atoms. The van der Waals surface area contributed by atoms with E-state index in [0.29, 0.717) is 25.2 Å². The van der Waals surface area contributed by atoms with E-state index in [0.717, 1.165) is 31.2 Å². The minimum atomic E-state index is -0.345. The van der Waals surface area contributed by atoms with Crippen molar-refractivity contribution < 1.29 is 9.59 Å². The van der Waals surface area contributed by atoms with Crippen LogP contribution in [-0.2, 0) is 10.2 Å². The lowest BCUT2D eigenvalue weighted by Gasteiger charge is -2.42. The molecule has 0 aliphatic carbocycles. The highest BCUT2D eigenvalue weighted by Crippen LogP contribution is 2.35. The van der Waals surface area contributed by atoms with Crippen molar-refractivity contribution in [3.8, 4) is 0 Å². The first-order chi connectivity index (χ1) is 17.0. The van der Waals surface area contributed by atoms with E-state index >= 15 is 0 Å². The Kier molecular flexibility index (Phi) is 9.35. The van der Waals surface area contributed by atoms with Gasteiger partial charge in [-0.15, -0.1) is 0 Å². The van der Waals surface area contributed by atoms with Crippen molar-refractivity contribution in [2.24, 2.45) is 0 Å². The molecule has 0 bridgehead atoms. The fraction of sp³-hybridized carbons (Fsp3) is 0.357. The number of nitrogens with two attached hydrogens (primary N) is 1. The van der Waals surface area contributed by atoms with Crippen molar-refractivity contribution in [1.29, 1.82) is 0 Å². The fourth-order valence-electron chi connectivity index (χ4n) is 4.33. The van der Waals surface area contributed by atoms with Crippen LogP contribution in [0.15, 0.2) is 78.7 Å². The van der Waals surface area contributed by atoms with Gasteiger partial charge in [0.05, 0.1) is 0 Å². The number of rotatable bonds is 9. The Morgan fingerprint density at radius 3 is 2.49 bits per heavy atom. The molecule has 1 aliphatic rings. The first kappa shape index (κ1) is 25.9. The number of nitrogens with one attached hydrogen (secondary N) is 1. The second kappa shape index (κ2) is 12.6. The van der Waals surface area contributed by atoms with Crippen LogP contribution in [0, 0.1) is 0 Å². The largest absolute Gasteiger partial charge is 0.382 e. The number of carbonyl (C=O) groups is 2. The summed E-state index contributed by atoms with van der Waals surface area (Å²) < 4.78 is 0. The number of hydrogen-bond acceptors (Lipinski definition) is 5. The summed E-state index contributed by atoms with van der Waals surface area (Å²) in [4.78, 5) is 35.9. The van der Waals surface area contributed by atoms with Gasteiger partial charge < -0.3 is 16.0 Å². The maximum Gasteiger partial charge on any atom is 0.273 e. The highest BCUT2D eigenvalue weighted by molar-refractivity contribution is 5.97. The Bertz CT molecular complexity index is 1080. The van der Waals surface area contributed by atoms with Gasteiger partial charge in [-0.25, -0.2) is 9.97 Å². The summed E-state index contributed by atoms with van der Waals surface area (Å²) in [5, 5.41) is 3.02. The molecule has 3 rings (SSSR count). The summed E-state index contributed by atoms with van der Waals surface area (Å²) in [5.74, 6) is -0.205. The molecule has 0 radical (unpaired) electrons. The van der Waals surface area contributed by atoms with Crippen LogP contribution in [0.1, 0.15) is 55.6 Å². The molecule has 2 aromatic rings. The number of benzene rings is 1. The summed E-state index contributed by atoms with van der Waals surface area (Å²) >= 11 is 0. The third-order valence-electron chi connectivity index (χ3n) is 6.46. The van der Waals surface area contributed by atoms with Crippen molar-refractivity contribution >= 4 is 17.6 Å². The smallest absolute Gasteiger partial charge is 0.273 e. The number of likely N-dealkylation sites (tertiary alicyclic amines) is 1. The Morgan fingerprint density at radius 1 is 1.11 bits per heavy atom. The standard InChI is InChI=1S/C28H35N5O2/c1-3-5-6-7-9-12-22(4-2)27(35)33-19-15-28(16-20-33,23-13-10-8-11-14-23)21-32-26(34)24-25(29)31-18-17-30-24/h4,6-14,17-18H,3,5,15-16,19-21H2,1-2H3,(H2,29,31)(H,32,34)/b7-6+,12-9-,22-4+. The summed E-state index contributed by atoms with van der Waals surface area (Å²) in [5.41, 5.74) is 7.50. The molecule has 0 spiro atoms. The molecular formula is C28H35N5O2. The topological polar surface area (TPSA) is 101 Å². The molecule has 1 fully saturated rings. The maximum absolute atomic E-state index is 13.2. The van der Waals surface area contributed by atoms with Crippen molar-refractivity contribution in [3.63, 3.8) is 0 Å². The third-order valence-corrected chi connectivity index (χ3v) is 6.46. The van der Waals surface area contributed by atoms with Gasteiger partial charge in [-0.3, -0.25) is 9.59 Å². The van der Waals surface area contributed by atoms with Gasteiger partial charge in [0.2, 0.25) is 0 Å². The lowest BCUT2D eigenvalue weighted by atomic mass is 9.72. The lowest BCUT2D eigenvalue weighted by Crippen LogP contribution is -2.50. The van der Waals surface area contributed by atoms with Crippen LogP contribution < -0.4 is 11.1 Å². The summed E-state index contributed by atoms with van der Waals surface area (Å²) in [6, 6.07) is 10.2. The average Bonchev–Trinajstić information content (AvgIpc) is 2.90. The predicted molar refractivity (Wildman–Crippen MR) is 140 cm³/mol. The number of hydrogen-bond donors (Lipinski definition) is 2. The Morgan fingerprint density at radius 2 is 1.83 bits per heavy atom. The van der Waals surface area contributed by atoms with Crippen molar-refractivity contribution in [1.82, 2.24) is 20.2 Å². The van der Waals surface area contributed by atoms with Gasteiger partial charge in [0, 0.05) is 43.0 Å². The average molecular weight is 474 g/mol. The molecule has 3 N–H and O–H groups in total. The highest BCUT2D eigenvalue weighted by atomic mass is 16.2. The number of carbonyl (C=O) groups excluding carboxylic acids is 2. The molecule has 0 saturated carbocycles. The number of amides is 2. The minimum absolute atomic E-state index is 0.0330. The Hall–Kier alpha value is -3.74. The molecule has 7 nitrogen and oxygen atoms in total. The van der Waals surface area contributed by atoms with E-state index in [1.807, 2.05) is 54.3 Å². The van der Waals surface area contributed by atoms with Gasteiger partial charge in [0.15, 0.2) is 11.5 Å². The van der Waals surface area contributed by atoms with Gasteiger partial charge in [0.1, 0.15) is 0 Å². The SMILES string of the molecule is C\C=C(/C=C\C=C\CCC)C(=O)N1CCC(CNC(=O)c2nccnc2N)(c2ccccc2)CC1. The van der Waals surface area contributed by atoms with Crippen LogP contribution in [0.2, 0.25) is 0 Å².